The maximum atomic E-state index is 13.3. The fraction of sp³-hybridized carbons (Fsp3) is 0.345. The fourth-order valence-electron chi connectivity index (χ4n) is 5.02. The SMILES string of the molecule is O=C(C[C@@H]1CC[C@@H]2[C@H](COC[C@H](O)CN2C(=O)c2cccnc2)O1)Nc1ccc(-c2ccccc2)cc1. The lowest BCUT2D eigenvalue weighted by molar-refractivity contribution is -0.149. The molecule has 2 saturated heterocycles. The lowest BCUT2D eigenvalue weighted by Gasteiger charge is -2.44. The molecule has 5 rings (SSSR count). The Morgan fingerprint density at radius 2 is 1.76 bits per heavy atom. The number of benzene rings is 2. The number of carbonyl (C=O) groups excluding carboxylic acids is 2. The Bertz CT molecular complexity index is 1190. The van der Waals surface area contributed by atoms with E-state index in [9.17, 15) is 14.7 Å². The first-order chi connectivity index (χ1) is 18.1. The van der Waals surface area contributed by atoms with Gasteiger partial charge in [-0.2, -0.15) is 0 Å². The van der Waals surface area contributed by atoms with Gasteiger partial charge >= 0.3 is 0 Å². The standard InChI is InChI=1S/C29H31N3O5/c33-24-17-32(29(35)22-7-4-14-30-16-22)26-13-12-25(37-27(26)19-36-18-24)15-28(34)31-23-10-8-21(9-11-23)20-5-2-1-3-6-20/h1-11,14,16,24-27,33H,12-13,15,17-19H2,(H,31,34)/t24-,25+,26-,27+/m1/s1. The third kappa shape index (κ3) is 6.22. The minimum absolute atomic E-state index is 0.119. The van der Waals surface area contributed by atoms with E-state index in [1.165, 1.54) is 6.20 Å². The highest BCUT2D eigenvalue weighted by molar-refractivity contribution is 5.94. The molecule has 8 heteroatoms. The van der Waals surface area contributed by atoms with Gasteiger partial charge in [-0.3, -0.25) is 14.6 Å². The van der Waals surface area contributed by atoms with E-state index >= 15 is 0 Å². The quantitative estimate of drug-likeness (QED) is 0.555. The van der Waals surface area contributed by atoms with Crippen LogP contribution >= 0.6 is 0 Å². The van der Waals surface area contributed by atoms with Gasteiger partial charge < -0.3 is 24.8 Å². The molecule has 192 valence electrons. The van der Waals surface area contributed by atoms with Crippen molar-refractivity contribution < 1.29 is 24.2 Å². The number of hydrogen-bond donors (Lipinski definition) is 2. The average molecular weight is 502 g/mol. The van der Waals surface area contributed by atoms with Crippen molar-refractivity contribution in [3.8, 4) is 11.1 Å². The molecule has 0 radical (unpaired) electrons. The molecule has 0 saturated carbocycles. The Labute approximate surface area is 216 Å². The molecule has 2 aliphatic heterocycles. The van der Waals surface area contributed by atoms with Crippen LogP contribution in [0.1, 0.15) is 29.6 Å². The van der Waals surface area contributed by atoms with Gasteiger partial charge in [0.05, 0.1) is 43.4 Å². The number of β-amino-alcohol motifs (C(OH)–C–C–N with tert-alkyl or cyclic N) is 1. The third-order valence-corrected chi connectivity index (χ3v) is 6.84. The van der Waals surface area contributed by atoms with Gasteiger partial charge in [-0.1, -0.05) is 42.5 Å². The number of nitrogens with one attached hydrogen (secondary N) is 1. The summed E-state index contributed by atoms with van der Waals surface area (Å²) in [6, 6.07) is 21.0. The molecule has 0 bridgehead atoms. The van der Waals surface area contributed by atoms with Crippen molar-refractivity contribution in [3.63, 3.8) is 0 Å². The predicted octanol–water partition coefficient (Wildman–Crippen LogP) is 3.53. The van der Waals surface area contributed by atoms with Gasteiger partial charge in [-0.15, -0.1) is 0 Å². The lowest BCUT2D eigenvalue weighted by Crippen LogP contribution is -2.57. The van der Waals surface area contributed by atoms with Crippen molar-refractivity contribution in [2.75, 3.05) is 25.1 Å². The number of rotatable bonds is 5. The first-order valence-corrected chi connectivity index (χ1v) is 12.6. The minimum Gasteiger partial charge on any atom is -0.389 e. The molecule has 8 nitrogen and oxygen atoms in total. The van der Waals surface area contributed by atoms with E-state index in [1.807, 2.05) is 54.6 Å². The molecule has 2 fully saturated rings. The number of carbonyl (C=O) groups is 2. The molecule has 1 aromatic heterocycles. The van der Waals surface area contributed by atoms with E-state index in [1.54, 1.807) is 23.2 Å². The Morgan fingerprint density at radius 1 is 0.973 bits per heavy atom. The van der Waals surface area contributed by atoms with Crippen molar-refractivity contribution in [1.29, 1.82) is 0 Å². The number of fused-ring (bicyclic) bond motifs is 1. The van der Waals surface area contributed by atoms with E-state index in [-0.39, 0.29) is 56.2 Å². The first-order valence-electron chi connectivity index (χ1n) is 12.6. The highest BCUT2D eigenvalue weighted by Crippen LogP contribution is 2.29. The Hall–Kier alpha value is -3.59. The molecule has 2 aliphatic rings. The molecular weight excluding hydrogens is 470 g/mol. The molecule has 0 unspecified atom stereocenters. The summed E-state index contributed by atoms with van der Waals surface area (Å²) in [5.74, 6) is -0.316. The van der Waals surface area contributed by atoms with Gasteiger partial charge in [0.2, 0.25) is 5.91 Å². The van der Waals surface area contributed by atoms with Crippen molar-refractivity contribution >= 4 is 17.5 Å². The van der Waals surface area contributed by atoms with Crippen LogP contribution in [0.15, 0.2) is 79.1 Å². The Morgan fingerprint density at radius 3 is 2.51 bits per heavy atom. The molecule has 0 aliphatic carbocycles. The average Bonchev–Trinajstić information content (AvgIpc) is 2.92. The number of pyridine rings is 1. The van der Waals surface area contributed by atoms with Crippen LogP contribution in [0.2, 0.25) is 0 Å². The lowest BCUT2D eigenvalue weighted by atomic mass is 9.94. The molecule has 2 aromatic carbocycles. The first kappa shape index (κ1) is 25.1. The second kappa shape index (κ2) is 11.6. The van der Waals surface area contributed by atoms with Gasteiger partial charge in [-0.05, 0) is 48.2 Å². The molecule has 3 heterocycles. The summed E-state index contributed by atoms with van der Waals surface area (Å²) in [5.41, 5.74) is 3.40. The van der Waals surface area contributed by atoms with Crippen LogP contribution in [0.25, 0.3) is 11.1 Å². The number of aliphatic hydroxyl groups is 1. The molecule has 4 atom stereocenters. The molecule has 2 amide bonds. The maximum Gasteiger partial charge on any atom is 0.255 e. The van der Waals surface area contributed by atoms with Crippen LogP contribution in [0.4, 0.5) is 5.69 Å². The molecule has 3 aromatic rings. The predicted molar refractivity (Wildman–Crippen MR) is 139 cm³/mol. The van der Waals surface area contributed by atoms with E-state index < -0.39 is 6.10 Å². The summed E-state index contributed by atoms with van der Waals surface area (Å²) in [4.78, 5) is 31.8. The number of ether oxygens (including phenoxy) is 2. The monoisotopic (exact) mass is 501 g/mol. The zero-order chi connectivity index (χ0) is 25.6. The van der Waals surface area contributed by atoms with Crippen molar-refractivity contribution in [1.82, 2.24) is 9.88 Å². The van der Waals surface area contributed by atoms with Gasteiger partial charge in [-0.25, -0.2) is 0 Å². The maximum absolute atomic E-state index is 13.3. The number of aromatic nitrogens is 1. The summed E-state index contributed by atoms with van der Waals surface area (Å²) in [7, 11) is 0. The van der Waals surface area contributed by atoms with E-state index in [4.69, 9.17) is 9.47 Å². The third-order valence-electron chi connectivity index (χ3n) is 6.84. The number of hydrogen-bond acceptors (Lipinski definition) is 6. The molecule has 37 heavy (non-hydrogen) atoms. The van der Waals surface area contributed by atoms with Crippen molar-refractivity contribution in [3.05, 3.63) is 84.7 Å². The van der Waals surface area contributed by atoms with E-state index in [2.05, 4.69) is 10.3 Å². The highest BCUT2D eigenvalue weighted by atomic mass is 16.5. The fourth-order valence-corrected chi connectivity index (χ4v) is 5.02. The number of amides is 2. The smallest absolute Gasteiger partial charge is 0.255 e. The van der Waals surface area contributed by atoms with Crippen LogP contribution in [0.5, 0.6) is 0 Å². The summed E-state index contributed by atoms with van der Waals surface area (Å²) in [6.07, 6.45) is 3.18. The normalized spacial score (nSPS) is 23.9. The van der Waals surface area contributed by atoms with Crippen LogP contribution in [-0.4, -0.2) is 70.9 Å². The summed E-state index contributed by atoms with van der Waals surface area (Å²) >= 11 is 0. The van der Waals surface area contributed by atoms with Crippen molar-refractivity contribution in [2.24, 2.45) is 0 Å². The Balaban J connectivity index is 1.20. The molecule has 2 N–H and O–H groups in total. The van der Waals surface area contributed by atoms with Gasteiger partial charge in [0.25, 0.3) is 5.91 Å². The number of aliphatic hydroxyl groups excluding tert-OH is 1. The van der Waals surface area contributed by atoms with Crippen LogP contribution in [0.3, 0.4) is 0 Å². The summed E-state index contributed by atoms with van der Waals surface area (Å²) < 4.78 is 11.9. The zero-order valence-electron chi connectivity index (χ0n) is 20.5. The second-order valence-corrected chi connectivity index (χ2v) is 9.53. The van der Waals surface area contributed by atoms with Crippen LogP contribution < -0.4 is 5.32 Å². The van der Waals surface area contributed by atoms with Crippen molar-refractivity contribution in [2.45, 2.75) is 43.6 Å². The van der Waals surface area contributed by atoms with Crippen LogP contribution in [-0.2, 0) is 14.3 Å². The molecular formula is C29H31N3O5. The second-order valence-electron chi connectivity index (χ2n) is 9.53. The highest BCUT2D eigenvalue weighted by Gasteiger charge is 2.40. The largest absolute Gasteiger partial charge is 0.389 e. The van der Waals surface area contributed by atoms with Gasteiger partial charge in [0, 0.05) is 24.6 Å². The zero-order valence-corrected chi connectivity index (χ0v) is 20.5. The van der Waals surface area contributed by atoms with Gasteiger partial charge in [0.1, 0.15) is 6.10 Å². The van der Waals surface area contributed by atoms with Gasteiger partial charge in [0.15, 0.2) is 0 Å². The summed E-state index contributed by atoms with van der Waals surface area (Å²) in [6.45, 7) is 0.521. The topological polar surface area (TPSA) is 101 Å². The number of anilines is 1. The summed E-state index contributed by atoms with van der Waals surface area (Å²) in [5, 5.41) is 13.3. The van der Waals surface area contributed by atoms with E-state index in [0.29, 0.717) is 18.4 Å². The number of nitrogens with zero attached hydrogens (tertiary/aromatic N) is 2. The Kier molecular flexibility index (Phi) is 7.89. The van der Waals surface area contributed by atoms with Crippen LogP contribution in [0, 0.1) is 0 Å². The minimum atomic E-state index is -0.779. The molecule has 0 spiro atoms. The van der Waals surface area contributed by atoms with E-state index in [0.717, 1.165) is 16.8 Å².